The Labute approximate surface area is 177 Å². The van der Waals surface area contributed by atoms with Gasteiger partial charge in [0, 0.05) is 17.6 Å². The first-order chi connectivity index (χ1) is 14.3. The number of ether oxygens (including phenoxy) is 2. The average Bonchev–Trinajstić information content (AvgIpc) is 2.70. The minimum Gasteiger partial charge on any atom is -0.507 e. The second kappa shape index (κ2) is 7.40. The van der Waals surface area contributed by atoms with Gasteiger partial charge in [0.05, 0.1) is 25.2 Å². The second-order valence-corrected chi connectivity index (χ2v) is 8.29. The lowest BCUT2D eigenvalue weighted by Gasteiger charge is -2.39. The zero-order valence-electron chi connectivity index (χ0n) is 18.4. The fraction of sp³-hybridized carbons (Fsp3) is 0.360. The number of aryl methyl sites for hydroxylation is 1. The molecule has 0 fully saturated rings. The predicted molar refractivity (Wildman–Crippen MR) is 120 cm³/mol. The van der Waals surface area contributed by atoms with Crippen molar-refractivity contribution in [3.05, 3.63) is 47.0 Å². The molecule has 5 nitrogen and oxygen atoms in total. The summed E-state index contributed by atoms with van der Waals surface area (Å²) in [4.78, 5) is 2.33. The fourth-order valence-corrected chi connectivity index (χ4v) is 4.82. The molecule has 2 N–H and O–H groups in total. The highest BCUT2D eigenvalue weighted by molar-refractivity contribution is 6.05. The summed E-state index contributed by atoms with van der Waals surface area (Å²) in [5.74, 6) is 1.61. The Morgan fingerprint density at radius 2 is 1.73 bits per heavy atom. The summed E-state index contributed by atoms with van der Waals surface area (Å²) >= 11 is 0. The number of hydrogen-bond donors (Lipinski definition) is 2. The van der Waals surface area contributed by atoms with Crippen LogP contribution in [0, 0.1) is 6.92 Å². The third kappa shape index (κ3) is 2.96. The Bertz CT molecular complexity index is 1140. The van der Waals surface area contributed by atoms with E-state index < -0.39 is 0 Å². The Morgan fingerprint density at radius 3 is 2.40 bits per heavy atom. The van der Waals surface area contributed by atoms with Gasteiger partial charge in [-0.15, -0.1) is 0 Å². The summed E-state index contributed by atoms with van der Waals surface area (Å²) in [6, 6.07) is 9.87. The number of methoxy groups -OCH3 is 2. The average molecular weight is 408 g/mol. The highest BCUT2D eigenvalue weighted by atomic mass is 16.5. The van der Waals surface area contributed by atoms with E-state index in [1.165, 1.54) is 0 Å². The highest BCUT2D eigenvalue weighted by Crippen LogP contribution is 2.50. The van der Waals surface area contributed by atoms with E-state index in [9.17, 15) is 10.2 Å². The summed E-state index contributed by atoms with van der Waals surface area (Å²) in [5.41, 5.74) is 4.58. The van der Waals surface area contributed by atoms with E-state index in [4.69, 9.17) is 9.47 Å². The number of phenols is 2. The standard InChI is InChI=1S/C25H29NO4/c1-13-9-18-17(7-8-21(29-5)23(18)19(27)10-13)24-20(28)12-16-11-14(2)26(4)15(3)22(16)25(24)30-6/h7-10,12,14-15,27-28H,11H2,1-6H3/t14-,15+/m1/s1. The van der Waals surface area contributed by atoms with Crippen molar-refractivity contribution in [1.82, 2.24) is 4.90 Å². The quantitative estimate of drug-likeness (QED) is 0.626. The summed E-state index contributed by atoms with van der Waals surface area (Å²) in [7, 11) is 5.36. The molecule has 30 heavy (non-hydrogen) atoms. The van der Waals surface area contributed by atoms with Crippen molar-refractivity contribution >= 4 is 10.8 Å². The number of fused-ring (bicyclic) bond motifs is 2. The lowest BCUT2D eigenvalue weighted by Crippen LogP contribution is -2.38. The number of likely N-dealkylation sites (N-methyl/N-ethyl adjacent to an activating group) is 1. The molecule has 0 saturated carbocycles. The van der Waals surface area contributed by atoms with Crippen molar-refractivity contribution in [1.29, 1.82) is 0 Å². The summed E-state index contributed by atoms with van der Waals surface area (Å²) in [6.07, 6.45) is 0.851. The molecule has 5 heteroatoms. The van der Waals surface area contributed by atoms with Gasteiger partial charge in [0.1, 0.15) is 23.0 Å². The van der Waals surface area contributed by atoms with Gasteiger partial charge >= 0.3 is 0 Å². The molecule has 2 atom stereocenters. The van der Waals surface area contributed by atoms with Crippen LogP contribution >= 0.6 is 0 Å². The van der Waals surface area contributed by atoms with Gasteiger partial charge in [-0.05, 0) is 80.6 Å². The normalized spacial score (nSPS) is 19.0. The Hall–Kier alpha value is -2.92. The van der Waals surface area contributed by atoms with Crippen LogP contribution in [0.2, 0.25) is 0 Å². The van der Waals surface area contributed by atoms with Crippen LogP contribution in [0.4, 0.5) is 0 Å². The van der Waals surface area contributed by atoms with Crippen molar-refractivity contribution in [2.45, 2.75) is 39.3 Å². The van der Waals surface area contributed by atoms with Crippen LogP contribution in [-0.2, 0) is 6.42 Å². The van der Waals surface area contributed by atoms with E-state index in [0.717, 1.165) is 34.1 Å². The molecule has 1 heterocycles. The first-order valence-corrected chi connectivity index (χ1v) is 10.2. The van der Waals surface area contributed by atoms with Crippen LogP contribution in [0.1, 0.15) is 36.6 Å². The third-order valence-corrected chi connectivity index (χ3v) is 6.52. The van der Waals surface area contributed by atoms with E-state index in [1.807, 2.05) is 31.2 Å². The Kier molecular flexibility index (Phi) is 5.02. The fourth-order valence-electron chi connectivity index (χ4n) is 4.82. The van der Waals surface area contributed by atoms with Gasteiger partial charge in [-0.2, -0.15) is 0 Å². The van der Waals surface area contributed by atoms with Crippen LogP contribution in [0.5, 0.6) is 23.0 Å². The van der Waals surface area contributed by atoms with E-state index in [0.29, 0.717) is 28.5 Å². The van der Waals surface area contributed by atoms with Crippen LogP contribution in [0.15, 0.2) is 30.3 Å². The molecule has 4 rings (SSSR count). The number of hydrogen-bond acceptors (Lipinski definition) is 5. The molecule has 0 aliphatic carbocycles. The van der Waals surface area contributed by atoms with E-state index in [1.54, 1.807) is 20.3 Å². The molecule has 0 amide bonds. The van der Waals surface area contributed by atoms with Crippen LogP contribution < -0.4 is 9.47 Å². The molecule has 3 aromatic carbocycles. The molecule has 1 aliphatic heterocycles. The maximum absolute atomic E-state index is 11.1. The molecule has 158 valence electrons. The van der Waals surface area contributed by atoms with Crippen LogP contribution in [-0.4, -0.2) is 42.4 Å². The van der Waals surface area contributed by atoms with Crippen molar-refractivity contribution in [3.63, 3.8) is 0 Å². The van der Waals surface area contributed by atoms with Crippen molar-refractivity contribution < 1.29 is 19.7 Å². The number of benzene rings is 3. The van der Waals surface area contributed by atoms with Gasteiger partial charge in [0.2, 0.25) is 0 Å². The molecular formula is C25H29NO4. The molecule has 0 spiro atoms. The molecule has 0 saturated heterocycles. The summed E-state index contributed by atoms with van der Waals surface area (Å²) in [5, 5.41) is 23.2. The van der Waals surface area contributed by atoms with E-state index in [2.05, 4.69) is 25.8 Å². The maximum atomic E-state index is 11.1. The molecule has 3 aromatic rings. The number of rotatable bonds is 3. The first-order valence-electron chi connectivity index (χ1n) is 10.2. The monoisotopic (exact) mass is 407 g/mol. The third-order valence-electron chi connectivity index (χ3n) is 6.52. The van der Waals surface area contributed by atoms with Crippen LogP contribution in [0.3, 0.4) is 0 Å². The number of nitrogens with zero attached hydrogens (tertiary/aromatic N) is 1. The minimum atomic E-state index is 0.151. The van der Waals surface area contributed by atoms with E-state index >= 15 is 0 Å². The van der Waals surface area contributed by atoms with Gasteiger partial charge in [0.15, 0.2) is 0 Å². The first kappa shape index (κ1) is 20.4. The summed E-state index contributed by atoms with van der Waals surface area (Å²) < 4.78 is 11.4. The molecule has 0 radical (unpaired) electrons. The van der Waals surface area contributed by atoms with Gasteiger partial charge < -0.3 is 19.7 Å². The largest absolute Gasteiger partial charge is 0.507 e. The lowest BCUT2D eigenvalue weighted by molar-refractivity contribution is 0.175. The SMILES string of the molecule is COc1c(-c2ccc(OC)c3c(O)cc(C)cc23)c(O)cc2c1[C@H](C)N(C)[C@H](C)C2. The van der Waals surface area contributed by atoms with Gasteiger partial charge in [-0.3, -0.25) is 4.90 Å². The number of phenolic OH excluding ortho intramolecular Hbond substituents is 2. The molecule has 0 unspecified atom stereocenters. The van der Waals surface area contributed by atoms with Crippen LogP contribution in [0.25, 0.3) is 21.9 Å². The van der Waals surface area contributed by atoms with Crippen molar-refractivity contribution in [2.75, 3.05) is 21.3 Å². The zero-order chi connectivity index (χ0) is 21.7. The smallest absolute Gasteiger partial charge is 0.135 e. The molecule has 1 aliphatic rings. The maximum Gasteiger partial charge on any atom is 0.135 e. The van der Waals surface area contributed by atoms with E-state index in [-0.39, 0.29) is 17.5 Å². The highest BCUT2D eigenvalue weighted by Gasteiger charge is 2.32. The van der Waals surface area contributed by atoms with Crippen molar-refractivity contribution in [3.8, 4) is 34.1 Å². The predicted octanol–water partition coefficient (Wildman–Crippen LogP) is 5.18. The molecular weight excluding hydrogens is 378 g/mol. The van der Waals surface area contributed by atoms with Gasteiger partial charge in [-0.1, -0.05) is 6.07 Å². The minimum absolute atomic E-state index is 0.151. The van der Waals surface area contributed by atoms with Gasteiger partial charge in [0.25, 0.3) is 0 Å². The number of aromatic hydroxyl groups is 2. The Balaban J connectivity index is 2.09. The topological polar surface area (TPSA) is 62.2 Å². The van der Waals surface area contributed by atoms with Crippen molar-refractivity contribution in [2.24, 2.45) is 0 Å². The zero-order valence-corrected chi connectivity index (χ0v) is 18.4. The van der Waals surface area contributed by atoms with Gasteiger partial charge in [-0.25, -0.2) is 0 Å². The summed E-state index contributed by atoms with van der Waals surface area (Å²) in [6.45, 7) is 6.30. The molecule has 0 bridgehead atoms. The second-order valence-electron chi connectivity index (χ2n) is 8.29. The molecule has 0 aromatic heterocycles. The lowest BCUT2D eigenvalue weighted by atomic mass is 9.84. The Morgan fingerprint density at radius 1 is 1.00 bits per heavy atom.